The number of thiocarbonyl (C=S) groups is 1. The Labute approximate surface area is 191 Å². The Morgan fingerprint density at radius 1 is 1.20 bits per heavy atom. The van der Waals surface area contributed by atoms with Crippen molar-refractivity contribution in [2.75, 3.05) is 17.7 Å². The van der Waals surface area contributed by atoms with Crippen LogP contribution in [0, 0.1) is 0 Å². The Kier molecular flexibility index (Phi) is 7.35. The summed E-state index contributed by atoms with van der Waals surface area (Å²) >= 11 is 10.00. The molecule has 0 aliphatic heterocycles. The van der Waals surface area contributed by atoms with Gasteiger partial charge in [-0.15, -0.1) is 0 Å². The molecule has 3 N–H and O–H groups in total. The summed E-state index contributed by atoms with van der Waals surface area (Å²) in [5.41, 5.74) is 1.83. The third kappa shape index (κ3) is 5.53. The van der Waals surface area contributed by atoms with Crippen LogP contribution in [0.25, 0.3) is 10.2 Å². The molecule has 3 rings (SSSR count). The lowest BCUT2D eigenvalue weighted by atomic mass is 10.2. The van der Waals surface area contributed by atoms with Crippen molar-refractivity contribution in [2.45, 2.75) is 19.8 Å². The summed E-state index contributed by atoms with van der Waals surface area (Å²) in [6, 6.07) is 10.6. The molecule has 0 saturated carbocycles. The van der Waals surface area contributed by atoms with Gasteiger partial charge in [-0.2, -0.15) is 0 Å². The molecule has 0 saturated heterocycles. The minimum Gasteiger partial charge on any atom is -0.496 e. The molecule has 0 radical (unpaired) electrons. The summed E-state index contributed by atoms with van der Waals surface area (Å²) in [5.74, 6) is 0.00874. The highest BCUT2D eigenvalue weighted by Crippen LogP contribution is 2.28. The lowest BCUT2D eigenvalue weighted by Crippen LogP contribution is -2.34. The maximum Gasteiger partial charge on any atom is 0.261 e. The van der Waals surface area contributed by atoms with Crippen LogP contribution in [0.1, 0.15) is 30.1 Å². The van der Waals surface area contributed by atoms with E-state index in [0.717, 1.165) is 21.1 Å². The van der Waals surface area contributed by atoms with Crippen LogP contribution in [0.2, 0.25) is 0 Å². The number of thiazole rings is 1. The summed E-state index contributed by atoms with van der Waals surface area (Å²) in [7, 11) is 1.50. The van der Waals surface area contributed by atoms with Crippen molar-refractivity contribution < 1.29 is 14.3 Å². The van der Waals surface area contributed by atoms with E-state index in [1.54, 1.807) is 24.3 Å². The molecular formula is C20H19BrN4O3S2. The topological polar surface area (TPSA) is 92.4 Å². The first-order valence-corrected chi connectivity index (χ1v) is 11.1. The second kappa shape index (κ2) is 9.96. The number of anilines is 2. The number of hydrogen-bond acceptors (Lipinski definition) is 6. The van der Waals surface area contributed by atoms with E-state index in [4.69, 9.17) is 17.0 Å². The lowest BCUT2D eigenvalue weighted by Gasteiger charge is -2.12. The van der Waals surface area contributed by atoms with Gasteiger partial charge in [0, 0.05) is 16.6 Å². The van der Waals surface area contributed by atoms with Gasteiger partial charge in [0.1, 0.15) is 5.75 Å². The van der Waals surface area contributed by atoms with Crippen LogP contribution in [0.15, 0.2) is 40.9 Å². The van der Waals surface area contributed by atoms with Crippen LogP contribution in [0.4, 0.5) is 10.8 Å². The van der Waals surface area contributed by atoms with Crippen LogP contribution in [0.3, 0.4) is 0 Å². The average molecular weight is 507 g/mol. The molecule has 0 aliphatic rings. The van der Waals surface area contributed by atoms with Gasteiger partial charge in [0.15, 0.2) is 10.2 Å². The maximum atomic E-state index is 12.6. The van der Waals surface area contributed by atoms with Crippen LogP contribution in [-0.4, -0.2) is 29.0 Å². The number of fused-ring (bicyclic) bond motifs is 1. The first-order valence-electron chi connectivity index (χ1n) is 9.06. The summed E-state index contributed by atoms with van der Waals surface area (Å²) in [5, 5.41) is 9.16. The third-order valence-corrected chi connectivity index (χ3v) is 5.63. The molecule has 0 unspecified atom stereocenters. The Morgan fingerprint density at radius 3 is 2.73 bits per heavy atom. The van der Waals surface area contributed by atoms with Gasteiger partial charge in [-0.1, -0.05) is 34.2 Å². The van der Waals surface area contributed by atoms with Crippen molar-refractivity contribution in [2.24, 2.45) is 0 Å². The van der Waals surface area contributed by atoms with Crippen molar-refractivity contribution in [3.63, 3.8) is 0 Å². The largest absolute Gasteiger partial charge is 0.496 e. The van der Waals surface area contributed by atoms with Gasteiger partial charge in [0.2, 0.25) is 5.91 Å². The first-order chi connectivity index (χ1) is 14.4. The predicted octanol–water partition coefficient (Wildman–Crippen LogP) is 4.93. The summed E-state index contributed by atoms with van der Waals surface area (Å²) in [6.45, 7) is 1.95. The van der Waals surface area contributed by atoms with Crippen molar-refractivity contribution >= 4 is 77.4 Å². The number of hydrogen-bond donors (Lipinski definition) is 3. The molecule has 3 aromatic rings. The Hall–Kier alpha value is -2.56. The number of methoxy groups -OCH3 is 1. The van der Waals surface area contributed by atoms with E-state index in [1.165, 1.54) is 18.4 Å². The van der Waals surface area contributed by atoms with Crippen LogP contribution in [-0.2, 0) is 4.79 Å². The molecule has 1 heterocycles. The number of halogens is 1. The number of aromatic nitrogens is 1. The van der Waals surface area contributed by atoms with Crippen LogP contribution < -0.4 is 20.7 Å². The van der Waals surface area contributed by atoms with E-state index in [1.807, 2.05) is 19.1 Å². The van der Waals surface area contributed by atoms with E-state index in [9.17, 15) is 9.59 Å². The van der Waals surface area contributed by atoms with Crippen molar-refractivity contribution in [3.05, 3.63) is 46.4 Å². The van der Waals surface area contributed by atoms with Gasteiger partial charge >= 0.3 is 0 Å². The molecular weight excluding hydrogens is 488 g/mol. The zero-order chi connectivity index (χ0) is 21.7. The van der Waals surface area contributed by atoms with Gasteiger partial charge in [-0.3, -0.25) is 14.9 Å². The van der Waals surface area contributed by atoms with Gasteiger partial charge in [0.05, 0.1) is 22.9 Å². The zero-order valence-corrected chi connectivity index (χ0v) is 19.5. The zero-order valence-electron chi connectivity index (χ0n) is 16.2. The third-order valence-electron chi connectivity index (χ3n) is 4.00. The van der Waals surface area contributed by atoms with Gasteiger partial charge < -0.3 is 15.4 Å². The molecule has 2 amide bonds. The molecule has 30 heavy (non-hydrogen) atoms. The van der Waals surface area contributed by atoms with Gasteiger partial charge in [-0.05, 0) is 55.0 Å². The Balaban J connectivity index is 1.68. The summed E-state index contributed by atoms with van der Waals surface area (Å²) < 4.78 is 6.87. The number of ether oxygens (including phenoxy) is 1. The molecule has 0 bridgehead atoms. The smallest absolute Gasteiger partial charge is 0.261 e. The number of nitrogens with one attached hydrogen (secondary N) is 3. The van der Waals surface area contributed by atoms with E-state index < -0.39 is 0 Å². The number of benzene rings is 2. The minimum atomic E-state index is -0.384. The van der Waals surface area contributed by atoms with Gasteiger partial charge in [-0.25, -0.2) is 4.98 Å². The second-order valence-electron chi connectivity index (χ2n) is 6.25. The second-order valence-corrected chi connectivity index (χ2v) is 8.61. The fraction of sp³-hybridized carbons (Fsp3) is 0.200. The highest BCUT2D eigenvalue weighted by Gasteiger charge is 2.15. The van der Waals surface area contributed by atoms with E-state index in [-0.39, 0.29) is 16.9 Å². The van der Waals surface area contributed by atoms with Crippen molar-refractivity contribution in [1.82, 2.24) is 10.3 Å². The highest BCUT2D eigenvalue weighted by atomic mass is 79.9. The van der Waals surface area contributed by atoms with Crippen molar-refractivity contribution in [3.8, 4) is 5.75 Å². The standard InChI is InChI=1S/C20H19BrN4O3S2/c1-3-4-17(26)24-20-23-14-7-6-12(10-16(14)30-20)22-19(29)25-18(27)13-9-11(21)5-8-15(13)28-2/h5-10H,3-4H2,1-2H3,(H,23,24,26)(H2,22,25,27,29). The van der Waals surface area contributed by atoms with E-state index in [2.05, 4.69) is 36.9 Å². The quantitative estimate of drug-likeness (QED) is 0.410. The summed E-state index contributed by atoms with van der Waals surface area (Å²) in [6.07, 6.45) is 1.24. The minimum absolute atomic E-state index is 0.0539. The van der Waals surface area contributed by atoms with Gasteiger partial charge in [0.25, 0.3) is 5.91 Å². The highest BCUT2D eigenvalue weighted by molar-refractivity contribution is 9.10. The molecule has 7 nitrogen and oxygen atoms in total. The molecule has 0 spiro atoms. The molecule has 10 heteroatoms. The molecule has 0 atom stereocenters. The molecule has 0 fully saturated rings. The number of rotatable bonds is 6. The fourth-order valence-corrected chi connectivity index (χ4v) is 4.15. The van der Waals surface area contributed by atoms with Crippen molar-refractivity contribution in [1.29, 1.82) is 0 Å². The molecule has 1 aromatic heterocycles. The van der Waals surface area contributed by atoms with Crippen LogP contribution >= 0.6 is 39.5 Å². The predicted molar refractivity (Wildman–Crippen MR) is 128 cm³/mol. The van der Waals surface area contributed by atoms with E-state index in [0.29, 0.717) is 28.6 Å². The number of carbonyl (C=O) groups excluding carboxylic acids is 2. The van der Waals surface area contributed by atoms with Crippen LogP contribution in [0.5, 0.6) is 5.75 Å². The monoisotopic (exact) mass is 506 g/mol. The van der Waals surface area contributed by atoms with E-state index >= 15 is 0 Å². The first kappa shape index (κ1) is 22.1. The number of carbonyl (C=O) groups is 2. The Morgan fingerprint density at radius 2 is 2.00 bits per heavy atom. The fourth-order valence-electron chi connectivity index (χ4n) is 2.66. The molecule has 2 aromatic carbocycles. The SMILES string of the molecule is CCCC(=O)Nc1nc2ccc(NC(=S)NC(=O)c3cc(Br)ccc3OC)cc2s1. The lowest BCUT2D eigenvalue weighted by molar-refractivity contribution is -0.116. The molecule has 156 valence electrons. The number of amides is 2. The average Bonchev–Trinajstić information content (AvgIpc) is 3.09. The molecule has 0 aliphatic carbocycles. The maximum absolute atomic E-state index is 12.6. The number of nitrogens with zero attached hydrogens (tertiary/aromatic N) is 1. The normalized spacial score (nSPS) is 10.5. The summed E-state index contributed by atoms with van der Waals surface area (Å²) in [4.78, 5) is 28.7. The Bertz CT molecular complexity index is 1120.